The Hall–Kier alpha value is -4.11. The third-order valence-electron chi connectivity index (χ3n) is 5.81. The van der Waals surface area contributed by atoms with E-state index in [0.717, 1.165) is 22.4 Å². The normalized spacial score (nSPS) is 11.0. The molecule has 0 radical (unpaired) electrons. The number of halogens is 1. The minimum atomic E-state index is -0.605. The Morgan fingerprint density at radius 3 is 2.53 bits per heavy atom. The number of fused-ring (bicyclic) bond motifs is 1. The van der Waals surface area contributed by atoms with Gasteiger partial charge in [0.15, 0.2) is 6.61 Å². The summed E-state index contributed by atoms with van der Waals surface area (Å²) in [7, 11) is 1.84. The number of pyridine rings is 1. The van der Waals surface area contributed by atoms with Crippen LogP contribution in [0.5, 0.6) is 11.5 Å². The van der Waals surface area contributed by atoms with Crippen molar-refractivity contribution in [2.45, 2.75) is 20.8 Å². The minimum Gasteiger partial charge on any atom is -0.492 e. The minimum absolute atomic E-state index is 0.311. The Labute approximate surface area is 209 Å². The zero-order valence-corrected chi connectivity index (χ0v) is 20.8. The van der Waals surface area contributed by atoms with E-state index in [0.29, 0.717) is 47.4 Å². The van der Waals surface area contributed by atoms with Gasteiger partial charge in [-0.2, -0.15) is 0 Å². The number of ether oxygens (including phenoxy) is 2. The fraction of sp³-hybridized carbons (Fsp3) is 0.259. The van der Waals surface area contributed by atoms with E-state index in [2.05, 4.69) is 10.6 Å². The van der Waals surface area contributed by atoms with Crippen molar-refractivity contribution in [2.24, 2.45) is 5.73 Å². The number of amides is 1. The van der Waals surface area contributed by atoms with Crippen LogP contribution in [-0.2, 0) is 4.79 Å². The molecule has 4 rings (SSSR count). The molecular weight excluding hydrogens is 461 g/mol. The second kappa shape index (κ2) is 10.7. The Morgan fingerprint density at radius 2 is 1.83 bits per heavy atom. The molecular formula is C27H30FN5O3. The van der Waals surface area contributed by atoms with Gasteiger partial charge in [0, 0.05) is 30.1 Å². The Morgan fingerprint density at radius 1 is 1.08 bits per heavy atom. The van der Waals surface area contributed by atoms with E-state index in [1.54, 1.807) is 16.5 Å². The van der Waals surface area contributed by atoms with E-state index in [1.807, 2.05) is 52.1 Å². The molecule has 0 fully saturated rings. The molecule has 188 valence electrons. The molecule has 2 heterocycles. The van der Waals surface area contributed by atoms with E-state index in [9.17, 15) is 9.18 Å². The standard InChI is InChI=1S/C27H30FN5O3/c1-16-6-5-7-17(2)25(16)32-27-26(31-23-9-8-19(28)14-33(23)27)24-18(3)12-20(35-11-10-30-4)13-21(24)36-15-22(29)34/h5-9,12-14,30,32H,10-11,15H2,1-4H3,(H2,29,34). The van der Waals surface area contributed by atoms with Gasteiger partial charge in [-0.15, -0.1) is 0 Å². The van der Waals surface area contributed by atoms with Crippen LogP contribution in [0.3, 0.4) is 0 Å². The van der Waals surface area contributed by atoms with Crippen LogP contribution < -0.4 is 25.8 Å². The summed E-state index contributed by atoms with van der Waals surface area (Å²) in [5, 5.41) is 6.52. The quantitative estimate of drug-likeness (QED) is 0.286. The lowest BCUT2D eigenvalue weighted by atomic mass is 10.0. The summed E-state index contributed by atoms with van der Waals surface area (Å²) in [5.41, 5.74) is 10.9. The number of aryl methyl sites for hydroxylation is 3. The number of imidazole rings is 1. The zero-order valence-electron chi connectivity index (χ0n) is 20.8. The van der Waals surface area contributed by atoms with Gasteiger partial charge in [-0.3, -0.25) is 9.20 Å². The van der Waals surface area contributed by atoms with E-state index >= 15 is 0 Å². The van der Waals surface area contributed by atoms with Crippen molar-refractivity contribution in [1.29, 1.82) is 0 Å². The molecule has 2 aromatic heterocycles. The predicted octanol–water partition coefficient (Wildman–Crippen LogP) is 4.27. The molecule has 0 aliphatic carbocycles. The fourth-order valence-electron chi connectivity index (χ4n) is 4.09. The second-order valence-corrected chi connectivity index (χ2v) is 8.60. The molecule has 1 amide bonds. The first-order valence-electron chi connectivity index (χ1n) is 11.6. The number of aromatic nitrogens is 2. The molecule has 4 N–H and O–H groups in total. The Kier molecular flexibility index (Phi) is 7.40. The highest BCUT2D eigenvalue weighted by Crippen LogP contribution is 2.42. The molecule has 0 aliphatic heterocycles. The first-order valence-corrected chi connectivity index (χ1v) is 11.6. The molecule has 36 heavy (non-hydrogen) atoms. The Balaban J connectivity index is 1.92. The third kappa shape index (κ3) is 5.26. The summed E-state index contributed by atoms with van der Waals surface area (Å²) in [6, 6.07) is 12.6. The lowest BCUT2D eigenvalue weighted by molar-refractivity contribution is -0.119. The maximum atomic E-state index is 14.3. The summed E-state index contributed by atoms with van der Waals surface area (Å²) in [5.74, 6) is 0.543. The maximum Gasteiger partial charge on any atom is 0.255 e. The summed E-state index contributed by atoms with van der Waals surface area (Å²) in [6.45, 7) is 6.72. The van der Waals surface area contributed by atoms with Gasteiger partial charge in [-0.1, -0.05) is 18.2 Å². The number of carbonyl (C=O) groups excluding carboxylic acids is 1. The van der Waals surface area contributed by atoms with Crippen LogP contribution in [0.15, 0.2) is 48.7 Å². The van der Waals surface area contributed by atoms with Crippen LogP contribution in [-0.4, -0.2) is 42.1 Å². The van der Waals surface area contributed by atoms with Crippen LogP contribution >= 0.6 is 0 Å². The van der Waals surface area contributed by atoms with Crippen LogP contribution in [0.1, 0.15) is 16.7 Å². The number of nitrogens with two attached hydrogens (primary N) is 1. The van der Waals surface area contributed by atoms with Crippen molar-refractivity contribution >= 4 is 23.1 Å². The fourth-order valence-corrected chi connectivity index (χ4v) is 4.09. The smallest absolute Gasteiger partial charge is 0.255 e. The van der Waals surface area contributed by atoms with Gasteiger partial charge in [0.25, 0.3) is 5.91 Å². The highest BCUT2D eigenvalue weighted by atomic mass is 19.1. The first-order chi connectivity index (χ1) is 17.3. The van der Waals surface area contributed by atoms with Crippen molar-refractivity contribution in [1.82, 2.24) is 14.7 Å². The Bertz CT molecular complexity index is 1400. The van der Waals surface area contributed by atoms with E-state index < -0.39 is 11.7 Å². The SMILES string of the molecule is CNCCOc1cc(C)c(-c2nc3ccc(F)cn3c2Nc2c(C)cccc2C)c(OCC(N)=O)c1. The van der Waals surface area contributed by atoms with Gasteiger partial charge in [0.1, 0.15) is 41.1 Å². The molecule has 0 aliphatic rings. The lowest BCUT2D eigenvalue weighted by Gasteiger charge is -2.18. The highest BCUT2D eigenvalue weighted by Gasteiger charge is 2.23. The van der Waals surface area contributed by atoms with Gasteiger partial charge in [-0.25, -0.2) is 9.37 Å². The molecule has 8 nitrogen and oxygen atoms in total. The van der Waals surface area contributed by atoms with E-state index in [-0.39, 0.29) is 6.61 Å². The third-order valence-corrected chi connectivity index (χ3v) is 5.81. The summed E-state index contributed by atoms with van der Waals surface area (Å²) >= 11 is 0. The van der Waals surface area contributed by atoms with Crippen LogP contribution in [0.4, 0.5) is 15.9 Å². The highest BCUT2D eigenvalue weighted by molar-refractivity contribution is 5.86. The van der Waals surface area contributed by atoms with E-state index in [1.165, 1.54) is 12.3 Å². The summed E-state index contributed by atoms with van der Waals surface area (Å²) in [6.07, 6.45) is 1.39. The molecule has 2 aromatic carbocycles. The molecule has 0 atom stereocenters. The molecule has 0 bridgehead atoms. The van der Waals surface area contributed by atoms with Gasteiger partial charge >= 0.3 is 0 Å². The number of hydrogen-bond donors (Lipinski definition) is 3. The predicted molar refractivity (Wildman–Crippen MR) is 139 cm³/mol. The number of likely N-dealkylation sites (N-methyl/N-ethyl adjacent to an activating group) is 1. The van der Waals surface area contributed by atoms with Crippen molar-refractivity contribution < 1.29 is 18.7 Å². The van der Waals surface area contributed by atoms with Crippen molar-refractivity contribution in [2.75, 3.05) is 32.1 Å². The number of benzene rings is 2. The first kappa shape index (κ1) is 25.0. The number of anilines is 2. The van der Waals surface area contributed by atoms with Crippen LogP contribution in [0.2, 0.25) is 0 Å². The van der Waals surface area contributed by atoms with Crippen LogP contribution in [0, 0.1) is 26.6 Å². The number of carbonyl (C=O) groups is 1. The van der Waals surface area contributed by atoms with E-state index in [4.69, 9.17) is 20.2 Å². The number of primary amides is 1. The van der Waals surface area contributed by atoms with Crippen molar-refractivity contribution in [3.8, 4) is 22.8 Å². The van der Waals surface area contributed by atoms with Gasteiger partial charge in [-0.05, 0) is 62.7 Å². The van der Waals surface area contributed by atoms with Gasteiger partial charge in [0.2, 0.25) is 0 Å². The zero-order chi connectivity index (χ0) is 25.8. The summed E-state index contributed by atoms with van der Waals surface area (Å²) < 4.78 is 27.7. The van der Waals surface area contributed by atoms with Crippen molar-refractivity contribution in [3.63, 3.8) is 0 Å². The molecule has 0 spiro atoms. The maximum absolute atomic E-state index is 14.3. The molecule has 0 unspecified atom stereocenters. The topological polar surface area (TPSA) is 103 Å². The molecule has 0 saturated carbocycles. The second-order valence-electron chi connectivity index (χ2n) is 8.60. The summed E-state index contributed by atoms with van der Waals surface area (Å²) in [4.78, 5) is 16.4. The van der Waals surface area contributed by atoms with Crippen molar-refractivity contribution in [3.05, 3.63) is 71.2 Å². The molecule has 4 aromatic rings. The average Bonchev–Trinajstić information content (AvgIpc) is 3.17. The van der Waals surface area contributed by atoms with Gasteiger partial charge < -0.3 is 25.8 Å². The number of nitrogens with zero attached hydrogens (tertiary/aromatic N) is 2. The van der Waals surface area contributed by atoms with Crippen LogP contribution in [0.25, 0.3) is 16.9 Å². The number of nitrogens with one attached hydrogen (secondary N) is 2. The lowest BCUT2D eigenvalue weighted by Crippen LogP contribution is -2.20. The monoisotopic (exact) mass is 491 g/mol. The number of para-hydroxylation sites is 1. The molecule has 0 saturated heterocycles. The number of hydrogen-bond acceptors (Lipinski definition) is 6. The van der Waals surface area contributed by atoms with Gasteiger partial charge in [0.05, 0.1) is 0 Å². The molecule has 9 heteroatoms. The average molecular weight is 492 g/mol. The number of rotatable bonds is 10. The largest absolute Gasteiger partial charge is 0.492 e.